The number of H-pyrrole nitrogens is 1. The van der Waals surface area contributed by atoms with Crippen molar-refractivity contribution in [2.45, 2.75) is 18.9 Å². The number of aryl methyl sites for hydroxylation is 1. The second kappa shape index (κ2) is 3.86. The summed E-state index contributed by atoms with van der Waals surface area (Å²) in [6.07, 6.45) is 0.00310. The molecule has 19 heavy (non-hydrogen) atoms. The van der Waals surface area contributed by atoms with Gasteiger partial charge in [-0.3, -0.25) is 4.79 Å². The third-order valence-electron chi connectivity index (χ3n) is 3.42. The predicted octanol–water partition coefficient (Wildman–Crippen LogP) is -0.0852. The molecule has 2 aromatic rings. The normalized spacial score (nSPS) is 21.8. The SMILES string of the molecule is Cc1ccc2c(c1)C(O)(Cc1nn[nH]n1)C(=O)N2C. The van der Waals surface area contributed by atoms with Gasteiger partial charge < -0.3 is 10.0 Å². The zero-order valence-electron chi connectivity index (χ0n) is 10.6. The fourth-order valence-corrected chi connectivity index (χ4v) is 2.43. The molecule has 0 saturated carbocycles. The molecule has 2 N–H and O–H groups in total. The van der Waals surface area contributed by atoms with Crippen LogP contribution >= 0.6 is 0 Å². The van der Waals surface area contributed by atoms with Crippen molar-refractivity contribution in [3.63, 3.8) is 0 Å². The van der Waals surface area contributed by atoms with E-state index in [2.05, 4.69) is 20.6 Å². The lowest BCUT2D eigenvalue weighted by Gasteiger charge is -2.20. The van der Waals surface area contributed by atoms with Crippen molar-refractivity contribution in [3.8, 4) is 0 Å². The Labute approximate surface area is 109 Å². The molecule has 1 amide bonds. The molecule has 2 heterocycles. The van der Waals surface area contributed by atoms with E-state index < -0.39 is 5.60 Å². The number of nitrogens with one attached hydrogen (secondary N) is 1. The molecule has 1 aromatic carbocycles. The van der Waals surface area contributed by atoms with Gasteiger partial charge in [0, 0.05) is 12.6 Å². The summed E-state index contributed by atoms with van der Waals surface area (Å²) in [5, 5.41) is 24.1. The van der Waals surface area contributed by atoms with E-state index in [4.69, 9.17) is 0 Å². The third-order valence-corrected chi connectivity index (χ3v) is 3.42. The van der Waals surface area contributed by atoms with Crippen molar-refractivity contribution >= 4 is 11.6 Å². The Morgan fingerprint density at radius 1 is 1.47 bits per heavy atom. The van der Waals surface area contributed by atoms with Crippen molar-refractivity contribution in [3.05, 3.63) is 35.2 Å². The van der Waals surface area contributed by atoms with Crippen LogP contribution in [0, 0.1) is 6.92 Å². The molecule has 98 valence electrons. The number of hydrogen-bond donors (Lipinski definition) is 2. The minimum atomic E-state index is -1.63. The van der Waals surface area contributed by atoms with Crippen molar-refractivity contribution in [1.29, 1.82) is 0 Å². The van der Waals surface area contributed by atoms with Gasteiger partial charge in [-0.05, 0) is 13.0 Å². The van der Waals surface area contributed by atoms with E-state index in [9.17, 15) is 9.90 Å². The van der Waals surface area contributed by atoms with Crippen LogP contribution in [-0.4, -0.2) is 38.7 Å². The topological polar surface area (TPSA) is 95.0 Å². The lowest BCUT2D eigenvalue weighted by atomic mass is 9.90. The van der Waals surface area contributed by atoms with Crippen LogP contribution in [0.2, 0.25) is 0 Å². The van der Waals surface area contributed by atoms with Crippen LogP contribution in [0.25, 0.3) is 0 Å². The van der Waals surface area contributed by atoms with Crippen molar-refractivity contribution in [2.75, 3.05) is 11.9 Å². The number of rotatable bonds is 2. The van der Waals surface area contributed by atoms with Gasteiger partial charge in [0.2, 0.25) is 0 Å². The lowest BCUT2D eigenvalue weighted by Crippen LogP contribution is -2.40. The summed E-state index contributed by atoms with van der Waals surface area (Å²) in [4.78, 5) is 13.8. The van der Waals surface area contributed by atoms with Crippen molar-refractivity contribution in [1.82, 2.24) is 20.6 Å². The first-order chi connectivity index (χ1) is 9.02. The van der Waals surface area contributed by atoms with Crippen LogP contribution in [0.3, 0.4) is 0 Å². The number of amides is 1. The number of likely N-dealkylation sites (N-methyl/N-ethyl adjacent to an activating group) is 1. The molecule has 0 radical (unpaired) electrons. The van der Waals surface area contributed by atoms with Crippen molar-refractivity contribution < 1.29 is 9.90 Å². The van der Waals surface area contributed by atoms with Gasteiger partial charge in [-0.1, -0.05) is 22.9 Å². The van der Waals surface area contributed by atoms with E-state index in [1.165, 1.54) is 4.90 Å². The number of aromatic nitrogens is 4. The Morgan fingerprint density at radius 2 is 2.26 bits per heavy atom. The highest BCUT2D eigenvalue weighted by Gasteiger charge is 2.49. The van der Waals surface area contributed by atoms with Gasteiger partial charge in [0.15, 0.2) is 11.4 Å². The minimum absolute atomic E-state index is 0.00310. The highest BCUT2D eigenvalue weighted by atomic mass is 16.3. The van der Waals surface area contributed by atoms with Crippen LogP contribution in [0.5, 0.6) is 0 Å². The van der Waals surface area contributed by atoms with E-state index >= 15 is 0 Å². The molecule has 7 nitrogen and oxygen atoms in total. The minimum Gasteiger partial charge on any atom is -0.375 e. The Morgan fingerprint density at radius 3 is 2.95 bits per heavy atom. The van der Waals surface area contributed by atoms with Crippen LogP contribution in [0.15, 0.2) is 18.2 Å². The number of carbonyl (C=O) groups is 1. The molecule has 7 heteroatoms. The monoisotopic (exact) mass is 259 g/mol. The van der Waals surface area contributed by atoms with E-state index in [-0.39, 0.29) is 12.3 Å². The molecule has 0 spiro atoms. The molecule has 1 aliphatic rings. The number of hydrogen-bond acceptors (Lipinski definition) is 5. The molecule has 0 saturated heterocycles. The Balaban J connectivity index is 2.11. The second-order valence-corrected chi connectivity index (χ2v) is 4.75. The van der Waals surface area contributed by atoms with Gasteiger partial charge in [-0.2, -0.15) is 5.21 Å². The second-order valence-electron chi connectivity index (χ2n) is 4.75. The largest absolute Gasteiger partial charge is 0.375 e. The van der Waals surface area contributed by atoms with Gasteiger partial charge in [-0.15, -0.1) is 10.2 Å². The first-order valence-electron chi connectivity index (χ1n) is 5.86. The molecule has 1 atom stereocenters. The molecule has 1 aromatic heterocycles. The summed E-state index contributed by atoms with van der Waals surface area (Å²) in [5.74, 6) is -0.0727. The average Bonchev–Trinajstić information content (AvgIpc) is 2.94. The fourth-order valence-electron chi connectivity index (χ4n) is 2.43. The van der Waals surface area contributed by atoms with Gasteiger partial charge in [0.1, 0.15) is 0 Å². The first kappa shape index (κ1) is 11.8. The van der Waals surface area contributed by atoms with Crippen LogP contribution < -0.4 is 4.90 Å². The molecule has 0 fully saturated rings. The lowest BCUT2D eigenvalue weighted by molar-refractivity contribution is -0.135. The fraction of sp³-hybridized carbons (Fsp3) is 0.333. The van der Waals surface area contributed by atoms with E-state index in [0.717, 1.165) is 5.56 Å². The maximum absolute atomic E-state index is 12.3. The predicted molar refractivity (Wildman–Crippen MR) is 66.4 cm³/mol. The molecular formula is C12H13N5O2. The first-order valence-corrected chi connectivity index (χ1v) is 5.86. The third kappa shape index (κ3) is 1.62. The van der Waals surface area contributed by atoms with Gasteiger partial charge in [0.05, 0.1) is 12.1 Å². The van der Waals surface area contributed by atoms with Crippen molar-refractivity contribution in [2.24, 2.45) is 0 Å². The standard InChI is InChI=1S/C12H13N5O2/c1-7-3-4-9-8(5-7)12(19,11(18)17(9)2)6-10-13-15-16-14-10/h3-5,19H,6H2,1-2H3,(H,13,14,15,16). The average molecular weight is 259 g/mol. The van der Waals surface area contributed by atoms with Crippen LogP contribution in [-0.2, 0) is 16.8 Å². The van der Waals surface area contributed by atoms with E-state index in [1.807, 2.05) is 25.1 Å². The Kier molecular flexibility index (Phi) is 2.39. The van der Waals surface area contributed by atoms with Crippen LogP contribution in [0.1, 0.15) is 17.0 Å². The molecule has 0 aliphatic carbocycles. The smallest absolute Gasteiger partial charge is 0.263 e. The van der Waals surface area contributed by atoms with Gasteiger partial charge in [-0.25, -0.2) is 0 Å². The highest BCUT2D eigenvalue weighted by Crippen LogP contribution is 2.41. The number of aromatic amines is 1. The molecular weight excluding hydrogens is 246 g/mol. The van der Waals surface area contributed by atoms with Gasteiger partial charge >= 0.3 is 0 Å². The molecule has 3 rings (SSSR count). The van der Waals surface area contributed by atoms with Crippen LogP contribution in [0.4, 0.5) is 5.69 Å². The Bertz CT molecular complexity index is 640. The number of anilines is 1. The molecule has 1 unspecified atom stereocenters. The number of tetrazole rings is 1. The summed E-state index contributed by atoms with van der Waals surface area (Å²) >= 11 is 0. The summed E-state index contributed by atoms with van der Waals surface area (Å²) in [5.41, 5.74) is 0.653. The number of benzene rings is 1. The molecule has 0 bridgehead atoms. The zero-order chi connectivity index (χ0) is 13.6. The van der Waals surface area contributed by atoms with Gasteiger partial charge in [0.25, 0.3) is 5.91 Å². The number of aliphatic hydroxyl groups is 1. The number of carbonyl (C=O) groups excluding carboxylic acids is 1. The Hall–Kier alpha value is -2.28. The summed E-state index contributed by atoms with van der Waals surface area (Å²) in [6.45, 7) is 1.91. The summed E-state index contributed by atoms with van der Waals surface area (Å²) in [7, 11) is 1.64. The maximum atomic E-state index is 12.3. The summed E-state index contributed by atoms with van der Waals surface area (Å²) in [6, 6.07) is 5.55. The van der Waals surface area contributed by atoms with E-state index in [1.54, 1.807) is 7.05 Å². The summed E-state index contributed by atoms with van der Waals surface area (Å²) < 4.78 is 0. The number of nitrogens with zero attached hydrogens (tertiary/aromatic N) is 4. The quantitative estimate of drug-likeness (QED) is 0.786. The maximum Gasteiger partial charge on any atom is 0.263 e. The van der Waals surface area contributed by atoms with E-state index in [0.29, 0.717) is 17.1 Å². The highest BCUT2D eigenvalue weighted by molar-refractivity contribution is 6.06. The zero-order valence-corrected chi connectivity index (χ0v) is 10.6. The molecule has 1 aliphatic heterocycles. The number of fused-ring (bicyclic) bond motifs is 1.